The molecule has 0 saturated heterocycles. The van der Waals surface area contributed by atoms with Crippen molar-refractivity contribution in [3.05, 3.63) is 34.1 Å². The SMILES string of the molecule is CCN(CCCN(C)C)C(CN)c1cc(F)ccc1Br. The smallest absolute Gasteiger partial charge is 0.123 e. The summed E-state index contributed by atoms with van der Waals surface area (Å²) < 4.78 is 14.4. The van der Waals surface area contributed by atoms with Crippen molar-refractivity contribution in [2.24, 2.45) is 5.73 Å². The Morgan fingerprint density at radius 2 is 2.00 bits per heavy atom. The van der Waals surface area contributed by atoms with Crippen molar-refractivity contribution >= 4 is 15.9 Å². The lowest BCUT2D eigenvalue weighted by atomic mass is 10.0. The molecule has 1 aromatic rings. The Hall–Kier alpha value is -0.490. The Balaban J connectivity index is 2.82. The summed E-state index contributed by atoms with van der Waals surface area (Å²) in [7, 11) is 4.14. The van der Waals surface area contributed by atoms with Gasteiger partial charge in [-0.05, 0) is 57.4 Å². The predicted octanol–water partition coefficient (Wildman–Crippen LogP) is 2.86. The highest BCUT2D eigenvalue weighted by Crippen LogP contribution is 2.28. The van der Waals surface area contributed by atoms with Crippen LogP contribution in [0.2, 0.25) is 0 Å². The second-order valence-corrected chi connectivity index (χ2v) is 6.06. The van der Waals surface area contributed by atoms with Gasteiger partial charge < -0.3 is 10.6 Å². The van der Waals surface area contributed by atoms with Crippen molar-refractivity contribution < 1.29 is 4.39 Å². The molecule has 0 bridgehead atoms. The van der Waals surface area contributed by atoms with Gasteiger partial charge in [-0.1, -0.05) is 22.9 Å². The second kappa shape index (κ2) is 8.72. The van der Waals surface area contributed by atoms with Crippen molar-refractivity contribution in [3.63, 3.8) is 0 Å². The molecule has 0 aliphatic heterocycles. The standard InChI is InChI=1S/C15H25BrFN3/c1-4-20(9-5-8-19(2)3)15(11-18)13-10-12(17)6-7-14(13)16/h6-7,10,15H,4-5,8-9,11,18H2,1-3H3. The van der Waals surface area contributed by atoms with Crippen LogP contribution < -0.4 is 5.73 Å². The molecule has 1 aromatic carbocycles. The van der Waals surface area contributed by atoms with Crippen molar-refractivity contribution in [3.8, 4) is 0 Å². The molecule has 0 aromatic heterocycles. The molecule has 5 heteroatoms. The molecule has 0 heterocycles. The fourth-order valence-electron chi connectivity index (χ4n) is 2.37. The van der Waals surface area contributed by atoms with Gasteiger partial charge in [-0.25, -0.2) is 4.39 Å². The van der Waals surface area contributed by atoms with Crippen molar-refractivity contribution in [1.29, 1.82) is 0 Å². The second-order valence-electron chi connectivity index (χ2n) is 5.20. The van der Waals surface area contributed by atoms with Crippen LogP contribution in [0.4, 0.5) is 4.39 Å². The van der Waals surface area contributed by atoms with Crippen LogP contribution in [0.25, 0.3) is 0 Å². The summed E-state index contributed by atoms with van der Waals surface area (Å²) in [6.07, 6.45) is 1.07. The largest absolute Gasteiger partial charge is 0.329 e. The van der Waals surface area contributed by atoms with Gasteiger partial charge in [0, 0.05) is 23.6 Å². The van der Waals surface area contributed by atoms with E-state index in [9.17, 15) is 4.39 Å². The maximum atomic E-state index is 13.5. The molecule has 0 aliphatic rings. The average Bonchev–Trinajstić information content (AvgIpc) is 2.41. The van der Waals surface area contributed by atoms with Crippen molar-refractivity contribution in [2.75, 3.05) is 40.3 Å². The van der Waals surface area contributed by atoms with Gasteiger partial charge in [-0.3, -0.25) is 4.90 Å². The molecular formula is C15H25BrFN3. The highest BCUT2D eigenvalue weighted by molar-refractivity contribution is 9.10. The summed E-state index contributed by atoms with van der Waals surface area (Å²) in [5.74, 6) is -0.217. The first-order valence-corrected chi connectivity index (χ1v) is 7.82. The summed E-state index contributed by atoms with van der Waals surface area (Å²) in [5.41, 5.74) is 6.87. The Morgan fingerprint density at radius 1 is 1.30 bits per heavy atom. The number of rotatable bonds is 8. The predicted molar refractivity (Wildman–Crippen MR) is 86.3 cm³/mol. The van der Waals surface area contributed by atoms with Gasteiger partial charge in [0.2, 0.25) is 0 Å². The fourth-order valence-corrected chi connectivity index (χ4v) is 2.88. The maximum absolute atomic E-state index is 13.5. The summed E-state index contributed by atoms with van der Waals surface area (Å²) >= 11 is 3.50. The summed E-state index contributed by atoms with van der Waals surface area (Å²) in [4.78, 5) is 4.48. The van der Waals surface area contributed by atoms with Crippen molar-refractivity contribution in [2.45, 2.75) is 19.4 Å². The van der Waals surface area contributed by atoms with E-state index in [1.807, 2.05) is 0 Å². The third-order valence-corrected chi connectivity index (χ3v) is 4.16. The number of benzene rings is 1. The molecule has 0 aliphatic carbocycles. The number of nitrogens with zero attached hydrogens (tertiary/aromatic N) is 2. The van der Waals surface area contributed by atoms with E-state index in [2.05, 4.69) is 46.7 Å². The lowest BCUT2D eigenvalue weighted by Gasteiger charge is -2.31. The quantitative estimate of drug-likeness (QED) is 0.786. The van der Waals surface area contributed by atoms with E-state index in [0.717, 1.165) is 36.1 Å². The van der Waals surface area contributed by atoms with E-state index < -0.39 is 0 Å². The van der Waals surface area contributed by atoms with Crippen molar-refractivity contribution in [1.82, 2.24) is 9.80 Å². The normalized spacial score (nSPS) is 13.2. The minimum atomic E-state index is -0.217. The third kappa shape index (κ3) is 5.13. The van der Waals surface area contributed by atoms with Gasteiger partial charge in [0.05, 0.1) is 0 Å². The lowest BCUT2D eigenvalue weighted by Crippen LogP contribution is -2.35. The van der Waals surface area contributed by atoms with Gasteiger partial charge in [-0.15, -0.1) is 0 Å². The summed E-state index contributed by atoms with van der Waals surface area (Å²) in [6.45, 7) is 5.50. The zero-order valence-corrected chi connectivity index (χ0v) is 14.2. The molecule has 114 valence electrons. The number of likely N-dealkylation sites (N-methyl/N-ethyl adjacent to an activating group) is 1. The molecule has 0 fully saturated rings. The average molecular weight is 346 g/mol. The van der Waals surface area contributed by atoms with Gasteiger partial charge in [-0.2, -0.15) is 0 Å². The molecule has 1 unspecified atom stereocenters. The van der Waals surface area contributed by atoms with Crippen LogP contribution in [-0.2, 0) is 0 Å². The van der Waals surface area contributed by atoms with E-state index >= 15 is 0 Å². The first-order valence-electron chi connectivity index (χ1n) is 7.03. The Morgan fingerprint density at radius 3 is 2.55 bits per heavy atom. The fraction of sp³-hybridized carbons (Fsp3) is 0.600. The van der Waals surface area contributed by atoms with E-state index in [1.165, 1.54) is 6.07 Å². The lowest BCUT2D eigenvalue weighted by molar-refractivity contribution is 0.200. The molecule has 2 N–H and O–H groups in total. The summed E-state index contributed by atoms with van der Waals surface area (Å²) in [6, 6.07) is 4.84. The summed E-state index contributed by atoms with van der Waals surface area (Å²) in [5, 5.41) is 0. The first kappa shape index (κ1) is 17.6. The molecular weight excluding hydrogens is 321 g/mol. The van der Waals surface area contributed by atoms with Crippen LogP contribution in [0.15, 0.2) is 22.7 Å². The van der Waals surface area contributed by atoms with E-state index in [0.29, 0.717) is 6.54 Å². The van der Waals surface area contributed by atoms with Gasteiger partial charge in [0.1, 0.15) is 5.82 Å². The molecule has 0 radical (unpaired) electrons. The minimum Gasteiger partial charge on any atom is -0.329 e. The van der Waals surface area contributed by atoms with Crippen LogP contribution >= 0.6 is 15.9 Å². The van der Waals surface area contributed by atoms with Crippen LogP contribution in [0.1, 0.15) is 24.9 Å². The first-order chi connectivity index (χ1) is 9.49. The van der Waals surface area contributed by atoms with Crippen LogP contribution in [0.5, 0.6) is 0 Å². The highest BCUT2D eigenvalue weighted by atomic mass is 79.9. The topological polar surface area (TPSA) is 32.5 Å². The van der Waals surface area contributed by atoms with E-state index in [4.69, 9.17) is 5.73 Å². The van der Waals surface area contributed by atoms with E-state index in [1.54, 1.807) is 12.1 Å². The Bertz CT molecular complexity index is 412. The zero-order valence-electron chi connectivity index (χ0n) is 12.6. The number of hydrogen-bond acceptors (Lipinski definition) is 3. The molecule has 0 saturated carbocycles. The van der Waals surface area contributed by atoms with Gasteiger partial charge >= 0.3 is 0 Å². The molecule has 1 rings (SSSR count). The maximum Gasteiger partial charge on any atom is 0.123 e. The number of hydrogen-bond donors (Lipinski definition) is 1. The monoisotopic (exact) mass is 345 g/mol. The number of nitrogens with two attached hydrogens (primary N) is 1. The third-order valence-electron chi connectivity index (χ3n) is 3.44. The molecule has 1 atom stereocenters. The van der Waals surface area contributed by atoms with E-state index in [-0.39, 0.29) is 11.9 Å². The molecule has 0 amide bonds. The molecule has 20 heavy (non-hydrogen) atoms. The Labute approximate surface area is 130 Å². The molecule has 0 spiro atoms. The minimum absolute atomic E-state index is 0.0484. The highest BCUT2D eigenvalue weighted by Gasteiger charge is 2.20. The van der Waals surface area contributed by atoms with Gasteiger partial charge in [0.15, 0.2) is 0 Å². The zero-order chi connectivity index (χ0) is 15.1. The Kier molecular flexibility index (Phi) is 7.66. The van der Waals surface area contributed by atoms with Gasteiger partial charge in [0.25, 0.3) is 0 Å². The van der Waals surface area contributed by atoms with Crippen LogP contribution in [0.3, 0.4) is 0 Å². The molecule has 3 nitrogen and oxygen atoms in total. The number of halogens is 2. The van der Waals surface area contributed by atoms with Crippen LogP contribution in [-0.4, -0.2) is 50.1 Å². The van der Waals surface area contributed by atoms with Crippen LogP contribution in [0, 0.1) is 5.82 Å².